The van der Waals surface area contributed by atoms with Crippen LogP contribution < -0.4 is 5.32 Å². The van der Waals surface area contributed by atoms with Crippen LogP contribution >= 0.6 is 12.2 Å². The van der Waals surface area contributed by atoms with Gasteiger partial charge in [-0.25, -0.2) is 4.79 Å². The van der Waals surface area contributed by atoms with Gasteiger partial charge in [0, 0.05) is 17.3 Å². The molecule has 1 rings (SSSR count). The van der Waals surface area contributed by atoms with Crippen LogP contribution in [0.5, 0.6) is 0 Å². The predicted molar refractivity (Wildman–Crippen MR) is 64.7 cm³/mol. The van der Waals surface area contributed by atoms with Gasteiger partial charge in [-0.05, 0) is 26.8 Å². The summed E-state index contributed by atoms with van der Waals surface area (Å²) in [6.07, 6.45) is 1.31. The molecule has 0 fully saturated rings. The molecule has 0 spiro atoms. The van der Waals surface area contributed by atoms with Crippen molar-refractivity contribution >= 4 is 18.3 Å². The van der Waals surface area contributed by atoms with Crippen LogP contribution in [0, 0.1) is 4.64 Å². The maximum atomic E-state index is 11.3. The number of ether oxygens (including phenoxy) is 1. The van der Waals surface area contributed by atoms with Gasteiger partial charge in [0.15, 0.2) is 0 Å². The van der Waals surface area contributed by atoms with Crippen LogP contribution in [0.4, 0.5) is 4.79 Å². The van der Waals surface area contributed by atoms with Crippen LogP contribution in [-0.4, -0.2) is 16.6 Å². The maximum Gasteiger partial charge on any atom is 0.407 e. The van der Waals surface area contributed by atoms with Gasteiger partial charge in [0.25, 0.3) is 0 Å². The molecule has 1 heterocycles. The lowest BCUT2D eigenvalue weighted by atomic mass is 10.1. The van der Waals surface area contributed by atoms with Crippen molar-refractivity contribution in [3.63, 3.8) is 0 Å². The highest BCUT2D eigenvalue weighted by Gasteiger charge is 2.14. The molecule has 0 aliphatic carbocycles. The summed E-state index contributed by atoms with van der Waals surface area (Å²) in [5.74, 6) is 0. The molecule has 0 saturated heterocycles. The fourth-order valence-corrected chi connectivity index (χ4v) is 1.15. The first-order valence-corrected chi connectivity index (χ1v) is 5.40. The second-order valence-electron chi connectivity index (χ2n) is 4.51. The smallest absolute Gasteiger partial charge is 0.407 e. The molecule has 0 bridgehead atoms. The summed E-state index contributed by atoms with van der Waals surface area (Å²) in [6, 6.07) is 3.58. The van der Waals surface area contributed by atoms with E-state index in [-0.39, 0.29) is 12.1 Å². The molecule has 0 saturated carbocycles. The Balaban J connectivity index is 2.43. The van der Waals surface area contributed by atoms with Crippen molar-refractivity contribution in [3.05, 3.63) is 28.5 Å². The normalized spacial score (nSPS) is 10.9. The maximum absolute atomic E-state index is 11.3. The number of rotatable bonds is 2. The Morgan fingerprint density at radius 3 is 2.69 bits per heavy atom. The van der Waals surface area contributed by atoms with Crippen LogP contribution in [0.2, 0.25) is 0 Å². The van der Waals surface area contributed by atoms with E-state index in [1.165, 1.54) is 0 Å². The zero-order chi connectivity index (χ0) is 12.2. The predicted octanol–water partition coefficient (Wildman–Crippen LogP) is 2.77. The molecule has 0 atom stereocenters. The van der Waals surface area contributed by atoms with Crippen molar-refractivity contribution < 1.29 is 9.53 Å². The first-order valence-electron chi connectivity index (χ1n) is 4.99. The Kier molecular flexibility index (Phi) is 4.06. The lowest BCUT2D eigenvalue weighted by Crippen LogP contribution is -2.40. The second-order valence-corrected chi connectivity index (χ2v) is 4.95. The van der Waals surface area contributed by atoms with Gasteiger partial charge >= 0.3 is 6.09 Å². The molecule has 0 aliphatic rings. The molecule has 0 aliphatic heterocycles. The minimum atomic E-state index is -0.421. The molecule has 88 valence electrons. The van der Waals surface area contributed by atoms with Crippen LogP contribution in [-0.2, 0) is 11.3 Å². The van der Waals surface area contributed by atoms with Gasteiger partial charge in [-0.1, -0.05) is 18.3 Å². The van der Waals surface area contributed by atoms with Gasteiger partial charge in [0.05, 0.1) is 0 Å². The van der Waals surface area contributed by atoms with E-state index in [4.69, 9.17) is 17.0 Å². The first-order chi connectivity index (χ1) is 7.37. The van der Waals surface area contributed by atoms with Crippen molar-refractivity contribution in [2.75, 3.05) is 0 Å². The van der Waals surface area contributed by atoms with Crippen LogP contribution in [0.15, 0.2) is 18.3 Å². The van der Waals surface area contributed by atoms with Crippen molar-refractivity contribution in [1.82, 2.24) is 10.3 Å². The number of carbonyl (C=O) groups excluding carboxylic acids is 1. The summed E-state index contributed by atoms with van der Waals surface area (Å²) in [6.45, 7) is 5.92. The van der Waals surface area contributed by atoms with E-state index in [0.29, 0.717) is 4.64 Å². The fourth-order valence-electron chi connectivity index (χ4n) is 1.02. The highest BCUT2D eigenvalue weighted by atomic mass is 32.1. The van der Waals surface area contributed by atoms with Crippen molar-refractivity contribution in [2.24, 2.45) is 0 Å². The molecule has 16 heavy (non-hydrogen) atoms. The third-order valence-electron chi connectivity index (χ3n) is 1.70. The summed E-state index contributed by atoms with van der Waals surface area (Å²) < 4.78 is 5.70. The zero-order valence-corrected chi connectivity index (χ0v) is 10.5. The number of hydrogen-bond acceptors (Lipinski definition) is 3. The van der Waals surface area contributed by atoms with Crippen LogP contribution in [0.25, 0.3) is 0 Å². The van der Waals surface area contributed by atoms with Gasteiger partial charge in [0.2, 0.25) is 0 Å². The van der Waals surface area contributed by atoms with E-state index in [1.807, 2.05) is 26.8 Å². The molecule has 2 N–H and O–H groups in total. The van der Waals surface area contributed by atoms with E-state index < -0.39 is 6.09 Å². The molecule has 4 nitrogen and oxygen atoms in total. The topological polar surface area (TPSA) is 54.1 Å². The number of aromatic nitrogens is 1. The van der Waals surface area contributed by atoms with Crippen molar-refractivity contribution in [3.8, 4) is 0 Å². The number of hydrogen-bond donors (Lipinski definition) is 2. The Bertz CT molecular complexity index is 400. The van der Waals surface area contributed by atoms with Crippen molar-refractivity contribution in [2.45, 2.75) is 32.9 Å². The number of carbonyl (C=O) groups is 1. The molecular weight excluding hydrogens is 224 g/mol. The van der Waals surface area contributed by atoms with Gasteiger partial charge in [-0.2, -0.15) is 0 Å². The monoisotopic (exact) mass is 240 g/mol. The highest BCUT2D eigenvalue weighted by Crippen LogP contribution is 2.02. The van der Waals surface area contributed by atoms with Crippen molar-refractivity contribution in [1.29, 1.82) is 0 Å². The average Bonchev–Trinajstić information content (AvgIpc) is 2.14. The Labute approximate surface area is 100 Å². The van der Waals surface area contributed by atoms with Crippen LogP contribution in [0.1, 0.15) is 26.3 Å². The van der Waals surface area contributed by atoms with Gasteiger partial charge in [-0.15, -0.1) is 0 Å². The highest BCUT2D eigenvalue weighted by molar-refractivity contribution is 7.71. The quantitative estimate of drug-likeness (QED) is 0.781. The van der Waals surface area contributed by atoms with E-state index >= 15 is 0 Å². The first kappa shape index (κ1) is 12.7. The van der Waals surface area contributed by atoms with Gasteiger partial charge in [0.1, 0.15) is 11.2 Å². The third kappa shape index (κ3) is 4.93. The Morgan fingerprint density at radius 2 is 2.19 bits per heavy atom. The Morgan fingerprint density at radius 1 is 1.50 bits per heavy atom. The number of pyridine rings is 1. The molecule has 1 aromatic heterocycles. The van der Waals surface area contributed by atoms with E-state index in [9.17, 15) is 4.79 Å². The number of nitrogens with one attached hydrogen (secondary N) is 2. The third-order valence-corrected chi connectivity index (χ3v) is 1.95. The summed E-state index contributed by atoms with van der Waals surface area (Å²) in [5.41, 5.74) is 0.589. The minimum absolute atomic E-state index is 0.230. The summed E-state index contributed by atoms with van der Waals surface area (Å²) in [4.78, 5) is 14.2. The van der Waals surface area contributed by atoms with E-state index in [0.717, 1.165) is 5.56 Å². The van der Waals surface area contributed by atoms with Crippen LogP contribution in [0.3, 0.4) is 0 Å². The van der Waals surface area contributed by atoms with Gasteiger partial charge < -0.3 is 15.0 Å². The summed E-state index contributed by atoms with van der Waals surface area (Å²) in [5, 5.41) is 2.71. The molecule has 0 radical (unpaired) electrons. The molecule has 0 aromatic carbocycles. The van der Waals surface area contributed by atoms with E-state index in [2.05, 4.69) is 10.3 Å². The number of amides is 1. The average molecular weight is 240 g/mol. The largest absolute Gasteiger partial charge is 0.445 e. The molecule has 1 amide bonds. The lowest BCUT2D eigenvalue weighted by molar-refractivity contribution is 0.131. The zero-order valence-electron chi connectivity index (χ0n) is 9.66. The SMILES string of the molecule is CC(C)(C)NC(=O)OCc1ccc(=S)[nH]c1. The number of aromatic amines is 1. The lowest BCUT2D eigenvalue weighted by Gasteiger charge is -2.19. The molecule has 1 aromatic rings. The van der Waals surface area contributed by atoms with E-state index in [1.54, 1.807) is 12.3 Å². The molecule has 0 unspecified atom stereocenters. The molecular formula is C11H16N2O2S. The number of H-pyrrole nitrogens is 1. The second kappa shape index (κ2) is 5.12. The minimum Gasteiger partial charge on any atom is -0.445 e. The molecule has 5 heteroatoms. The Hall–Kier alpha value is -1.36. The van der Waals surface area contributed by atoms with Gasteiger partial charge in [-0.3, -0.25) is 0 Å². The number of alkyl carbamates (subject to hydrolysis) is 1. The summed E-state index contributed by atoms with van der Waals surface area (Å²) in [7, 11) is 0. The fraction of sp³-hybridized carbons (Fsp3) is 0.455. The standard InChI is InChI=1S/C11H16N2O2S/c1-11(2,3)13-10(14)15-7-8-4-5-9(16)12-6-8/h4-6H,7H2,1-3H3,(H,12,16)(H,13,14). The summed E-state index contributed by atoms with van der Waals surface area (Å²) >= 11 is 4.90.